The Morgan fingerprint density at radius 1 is 1.17 bits per heavy atom. The topological polar surface area (TPSA) is 55.0 Å². The van der Waals surface area contributed by atoms with Crippen molar-refractivity contribution in [2.45, 2.75) is 19.5 Å². The van der Waals surface area contributed by atoms with Gasteiger partial charge in [0.1, 0.15) is 0 Å². The lowest BCUT2D eigenvalue weighted by atomic mass is 10.1. The van der Waals surface area contributed by atoms with Crippen molar-refractivity contribution in [3.8, 4) is 11.4 Å². The highest BCUT2D eigenvalue weighted by Crippen LogP contribution is 2.26. The molecule has 0 amide bonds. The predicted octanol–water partition coefficient (Wildman–Crippen LogP) is 4.00. The van der Waals surface area contributed by atoms with Gasteiger partial charge in [-0.3, -0.25) is 4.90 Å². The molecule has 0 radical (unpaired) electrons. The Morgan fingerprint density at radius 2 is 2.00 bits per heavy atom. The summed E-state index contributed by atoms with van der Waals surface area (Å²) in [5.41, 5.74) is 9.86. The molecule has 2 N–H and O–H groups in total. The average molecular weight is 357 g/mol. The molecule has 0 saturated carbocycles. The van der Waals surface area contributed by atoms with Crippen LogP contribution in [0.2, 0.25) is 4.34 Å². The largest absolute Gasteiger partial charge is 0.399 e. The highest BCUT2D eigenvalue weighted by atomic mass is 35.5. The first kappa shape index (κ1) is 15.6. The maximum Gasteiger partial charge on any atom is 0.159 e. The second-order valence-electron chi connectivity index (χ2n) is 5.95. The molecule has 6 heteroatoms. The predicted molar refractivity (Wildman–Crippen MR) is 99.0 cm³/mol. The van der Waals surface area contributed by atoms with Gasteiger partial charge < -0.3 is 5.73 Å². The number of hydrogen-bond donors (Lipinski definition) is 1. The molecule has 1 aliphatic rings. The van der Waals surface area contributed by atoms with Gasteiger partial charge in [-0.1, -0.05) is 11.6 Å². The third-order valence-corrected chi connectivity index (χ3v) is 5.41. The van der Waals surface area contributed by atoms with Gasteiger partial charge in [-0.15, -0.1) is 11.3 Å². The van der Waals surface area contributed by atoms with E-state index in [2.05, 4.69) is 16.0 Å². The van der Waals surface area contributed by atoms with Crippen LogP contribution in [0.5, 0.6) is 0 Å². The zero-order chi connectivity index (χ0) is 16.5. The summed E-state index contributed by atoms with van der Waals surface area (Å²) in [6.07, 6.45) is 2.90. The lowest BCUT2D eigenvalue weighted by molar-refractivity contribution is 0.245. The van der Waals surface area contributed by atoms with Crippen LogP contribution in [-0.4, -0.2) is 21.4 Å². The molecule has 0 fully saturated rings. The van der Waals surface area contributed by atoms with Crippen molar-refractivity contribution in [2.75, 3.05) is 12.3 Å². The third kappa shape index (κ3) is 3.29. The Bertz CT molecular complexity index is 860. The summed E-state index contributed by atoms with van der Waals surface area (Å²) in [6.45, 7) is 2.81. The van der Waals surface area contributed by atoms with Crippen molar-refractivity contribution in [3.05, 3.63) is 63.1 Å². The third-order valence-electron chi connectivity index (χ3n) is 4.19. The molecule has 4 nitrogen and oxygen atoms in total. The van der Waals surface area contributed by atoms with Crippen LogP contribution in [0.1, 0.15) is 16.1 Å². The second kappa shape index (κ2) is 6.51. The summed E-state index contributed by atoms with van der Waals surface area (Å²) < 4.78 is 0.846. The van der Waals surface area contributed by atoms with Crippen LogP contribution < -0.4 is 5.73 Å². The minimum atomic E-state index is 0.751. The first-order valence-electron chi connectivity index (χ1n) is 7.84. The van der Waals surface area contributed by atoms with Crippen LogP contribution in [-0.2, 0) is 19.5 Å². The number of nitrogens with two attached hydrogens (primary N) is 1. The van der Waals surface area contributed by atoms with Gasteiger partial charge in [0, 0.05) is 53.9 Å². The number of aromatic nitrogens is 2. The molecule has 1 aromatic carbocycles. The molecule has 122 valence electrons. The minimum absolute atomic E-state index is 0.751. The average Bonchev–Trinajstić information content (AvgIpc) is 3.00. The Hall–Kier alpha value is -1.95. The van der Waals surface area contributed by atoms with Gasteiger partial charge in [0.15, 0.2) is 5.82 Å². The molecular weight excluding hydrogens is 340 g/mol. The van der Waals surface area contributed by atoms with Crippen molar-refractivity contribution in [1.82, 2.24) is 14.9 Å². The zero-order valence-electron chi connectivity index (χ0n) is 13.1. The van der Waals surface area contributed by atoms with E-state index < -0.39 is 0 Å². The van der Waals surface area contributed by atoms with Gasteiger partial charge in [0.25, 0.3) is 0 Å². The molecular formula is C18H17ClN4S. The van der Waals surface area contributed by atoms with Gasteiger partial charge in [0.05, 0.1) is 10.0 Å². The maximum absolute atomic E-state index is 6.02. The molecule has 0 atom stereocenters. The zero-order valence-corrected chi connectivity index (χ0v) is 14.6. The lowest BCUT2D eigenvalue weighted by Gasteiger charge is -2.27. The Labute approximate surface area is 149 Å². The fraction of sp³-hybridized carbons (Fsp3) is 0.222. The van der Waals surface area contributed by atoms with Crippen molar-refractivity contribution < 1.29 is 0 Å². The van der Waals surface area contributed by atoms with E-state index in [0.717, 1.165) is 53.2 Å². The highest BCUT2D eigenvalue weighted by Gasteiger charge is 2.19. The van der Waals surface area contributed by atoms with E-state index in [9.17, 15) is 0 Å². The van der Waals surface area contributed by atoms with E-state index >= 15 is 0 Å². The summed E-state index contributed by atoms with van der Waals surface area (Å²) in [5, 5.41) is 0. The standard InChI is InChI=1S/C18H17ClN4S/c19-17-6-5-15(24-17)11-23-8-7-16-13(10-23)9-21-18(22-16)12-1-3-14(20)4-2-12/h1-6,9H,7-8,10-11,20H2. The molecule has 3 aromatic rings. The van der Waals surface area contributed by atoms with E-state index in [1.54, 1.807) is 11.3 Å². The number of anilines is 1. The molecule has 0 saturated heterocycles. The van der Waals surface area contributed by atoms with Crippen molar-refractivity contribution in [3.63, 3.8) is 0 Å². The molecule has 2 aromatic heterocycles. The number of thiophene rings is 1. The first-order chi connectivity index (χ1) is 11.7. The van der Waals surface area contributed by atoms with Crippen molar-refractivity contribution >= 4 is 28.6 Å². The van der Waals surface area contributed by atoms with Gasteiger partial charge in [-0.2, -0.15) is 0 Å². The molecule has 24 heavy (non-hydrogen) atoms. The van der Waals surface area contributed by atoms with Gasteiger partial charge in [0.2, 0.25) is 0 Å². The highest BCUT2D eigenvalue weighted by molar-refractivity contribution is 7.16. The fourth-order valence-electron chi connectivity index (χ4n) is 2.94. The summed E-state index contributed by atoms with van der Waals surface area (Å²) in [6, 6.07) is 11.8. The van der Waals surface area contributed by atoms with Crippen LogP contribution >= 0.6 is 22.9 Å². The number of hydrogen-bond acceptors (Lipinski definition) is 5. The van der Waals surface area contributed by atoms with E-state index in [1.807, 2.05) is 36.5 Å². The number of rotatable bonds is 3. The molecule has 0 unspecified atom stereocenters. The van der Waals surface area contributed by atoms with Gasteiger partial charge >= 0.3 is 0 Å². The molecule has 1 aliphatic heterocycles. The van der Waals surface area contributed by atoms with Crippen LogP contribution in [0, 0.1) is 0 Å². The number of nitrogen functional groups attached to an aromatic ring is 1. The summed E-state index contributed by atoms with van der Waals surface area (Å²) >= 11 is 7.66. The van der Waals surface area contributed by atoms with Gasteiger partial charge in [-0.25, -0.2) is 9.97 Å². The Kier molecular flexibility index (Phi) is 4.22. The first-order valence-corrected chi connectivity index (χ1v) is 9.04. The van der Waals surface area contributed by atoms with Crippen molar-refractivity contribution in [2.24, 2.45) is 0 Å². The summed E-state index contributed by atoms with van der Waals surface area (Å²) in [5.74, 6) is 0.771. The Balaban J connectivity index is 1.52. The molecule has 4 rings (SSSR count). The van der Waals surface area contributed by atoms with E-state index in [0.29, 0.717) is 0 Å². The van der Waals surface area contributed by atoms with Gasteiger partial charge in [-0.05, 0) is 36.4 Å². The number of fused-ring (bicyclic) bond motifs is 1. The quantitative estimate of drug-likeness (QED) is 0.721. The number of halogens is 1. The van der Waals surface area contributed by atoms with E-state index in [1.165, 1.54) is 10.4 Å². The minimum Gasteiger partial charge on any atom is -0.399 e. The summed E-state index contributed by atoms with van der Waals surface area (Å²) in [4.78, 5) is 13.0. The SMILES string of the molecule is Nc1ccc(-c2ncc3c(n2)CCN(Cc2ccc(Cl)s2)C3)cc1. The smallest absolute Gasteiger partial charge is 0.159 e. The van der Waals surface area contributed by atoms with Crippen LogP contribution in [0.4, 0.5) is 5.69 Å². The van der Waals surface area contributed by atoms with Crippen molar-refractivity contribution in [1.29, 1.82) is 0 Å². The second-order valence-corrected chi connectivity index (χ2v) is 7.75. The van der Waals surface area contributed by atoms with E-state index in [4.69, 9.17) is 22.3 Å². The monoisotopic (exact) mass is 356 g/mol. The summed E-state index contributed by atoms with van der Waals surface area (Å²) in [7, 11) is 0. The maximum atomic E-state index is 6.02. The van der Waals surface area contributed by atoms with Crippen LogP contribution in [0.15, 0.2) is 42.6 Å². The fourth-order valence-corrected chi connectivity index (χ4v) is 4.07. The molecule has 0 bridgehead atoms. The van der Waals surface area contributed by atoms with Crippen LogP contribution in [0.25, 0.3) is 11.4 Å². The Morgan fingerprint density at radius 3 is 2.75 bits per heavy atom. The number of benzene rings is 1. The van der Waals surface area contributed by atoms with E-state index in [-0.39, 0.29) is 0 Å². The number of nitrogens with zero attached hydrogens (tertiary/aromatic N) is 3. The molecule has 0 aliphatic carbocycles. The molecule has 0 spiro atoms. The molecule has 3 heterocycles. The lowest BCUT2D eigenvalue weighted by Crippen LogP contribution is -2.30. The van der Waals surface area contributed by atoms with Crippen LogP contribution in [0.3, 0.4) is 0 Å². The normalized spacial score (nSPS) is 14.5.